The van der Waals surface area contributed by atoms with Gasteiger partial charge in [-0.2, -0.15) is 0 Å². The van der Waals surface area contributed by atoms with E-state index >= 15 is 0 Å². The van der Waals surface area contributed by atoms with Crippen molar-refractivity contribution >= 4 is 27.5 Å². The predicted molar refractivity (Wildman–Crippen MR) is 71.0 cm³/mol. The van der Waals surface area contributed by atoms with E-state index in [4.69, 9.17) is 0 Å². The highest BCUT2D eigenvalue weighted by molar-refractivity contribution is 9.10. The van der Waals surface area contributed by atoms with Gasteiger partial charge in [-0.15, -0.1) is 0 Å². The number of aromatic nitrogens is 1. The van der Waals surface area contributed by atoms with E-state index in [0.717, 1.165) is 12.1 Å². The number of pyridine rings is 1. The summed E-state index contributed by atoms with van der Waals surface area (Å²) in [5.41, 5.74) is 0.264. The van der Waals surface area contributed by atoms with Crippen molar-refractivity contribution in [3.63, 3.8) is 0 Å². The quantitative estimate of drug-likeness (QED) is 0.914. The van der Waals surface area contributed by atoms with Gasteiger partial charge >= 0.3 is 0 Å². The van der Waals surface area contributed by atoms with E-state index in [1.165, 1.54) is 6.20 Å². The first-order chi connectivity index (χ1) is 8.99. The van der Waals surface area contributed by atoms with Crippen molar-refractivity contribution in [1.82, 2.24) is 4.98 Å². The fraction of sp³-hybridized carbons (Fsp3) is 0.0769. The molecule has 0 aliphatic rings. The Balaban J connectivity index is 2.32. The highest BCUT2D eigenvalue weighted by Gasteiger charge is 2.16. The fourth-order valence-electron chi connectivity index (χ4n) is 1.56. The average molecular weight is 327 g/mol. The van der Waals surface area contributed by atoms with E-state index in [1.807, 2.05) is 0 Å². The number of hydrogen-bond donors (Lipinski definition) is 1. The second-order valence-electron chi connectivity index (χ2n) is 3.87. The van der Waals surface area contributed by atoms with Gasteiger partial charge in [0.25, 0.3) is 5.91 Å². The van der Waals surface area contributed by atoms with Crippen LogP contribution >= 0.6 is 15.9 Å². The zero-order valence-electron chi connectivity index (χ0n) is 9.88. The molecule has 0 saturated heterocycles. The van der Waals surface area contributed by atoms with Crippen molar-refractivity contribution in [3.8, 4) is 0 Å². The zero-order valence-corrected chi connectivity index (χ0v) is 11.5. The van der Waals surface area contributed by atoms with Crippen LogP contribution in [0.15, 0.2) is 34.9 Å². The van der Waals surface area contributed by atoms with Gasteiger partial charge in [0.2, 0.25) is 0 Å². The number of amides is 1. The van der Waals surface area contributed by atoms with E-state index in [2.05, 4.69) is 26.2 Å². The maximum atomic E-state index is 13.6. The maximum Gasteiger partial charge on any atom is 0.274 e. The molecule has 2 aromatic rings. The van der Waals surface area contributed by atoms with Crippen molar-refractivity contribution < 1.29 is 13.6 Å². The number of nitrogens with one attached hydrogen (secondary N) is 1. The van der Waals surface area contributed by atoms with Crippen molar-refractivity contribution in [2.45, 2.75) is 6.92 Å². The lowest BCUT2D eigenvalue weighted by Gasteiger charge is -2.09. The van der Waals surface area contributed by atoms with Crippen LogP contribution in [0.2, 0.25) is 0 Å². The highest BCUT2D eigenvalue weighted by atomic mass is 79.9. The minimum Gasteiger partial charge on any atom is -0.316 e. The van der Waals surface area contributed by atoms with Crippen LogP contribution in [0.1, 0.15) is 16.1 Å². The van der Waals surface area contributed by atoms with E-state index in [-0.39, 0.29) is 10.2 Å². The molecule has 0 aliphatic carbocycles. The Kier molecular flexibility index (Phi) is 3.90. The Bertz CT molecular complexity index is 623. The van der Waals surface area contributed by atoms with Gasteiger partial charge in [0, 0.05) is 10.7 Å². The molecule has 98 valence electrons. The molecule has 1 aromatic carbocycles. The monoisotopic (exact) mass is 326 g/mol. The topological polar surface area (TPSA) is 42.0 Å². The Morgan fingerprint density at radius 3 is 2.53 bits per heavy atom. The smallest absolute Gasteiger partial charge is 0.274 e. The van der Waals surface area contributed by atoms with E-state index in [9.17, 15) is 13.6 Å². The molecule has 2 rings (SSSR count). The number of carbonyl (C=O) groups is 1. The molecule has 0 saturated carbocycles. The molecule has 19 heavy (non-hydrogen) atoms. The standard InChI is InChI=1S/C13H9BrF2N2O/c1-7-3-2-4-17-11(7)13(19)18-12-9(15)5-8(14)6-10(12)16/h2-6H,1H3,(H,18,19). The van der Waals surface area contributed by atoms with E-state index < -0.39 is 23.2 Å². The molecule has 0 radical (unpaired) electrons. The van der Waals surface area contributed by atoms with Crippen molar-refractivity contribution in [2.75, 3.05) is 5.32 Å². The molecule has 0 aliphatic heterocycles. The molecule has 0 unspecified atom stereocenters. The number of nitrogens with zero attached hydrogens (tertiary/aromatic N) is 1. The van der Waals surface area contributed by atoms with Gasteiger partial charge in [0.05, 0.1) is 0 Å². The van der Waals surface area contributed by atoms with Crippen molar-refractivity contribution in [1.29, 1.82) is 0 Å². The summed E-state index contributed by atoms with van der Waals surface area (Å²) in [5, 5.41) is 2.19. The Morgan fingerprint density at radius 1 is 1.32 bits per heavy atom. The highest BCUT2D eigenvalue weighted by Crippen LogP contribution is 2.24. The summed E-state index contributed by atoms with van der Waals surface area (Å²) < 4.78 is 27.4. The predicted octanol–water partition coefficient (Wildman–Crippen LogP) is 3.68. The minimum atomic E-state index is -0.853. The lowest BCUT2D eigenvalue weighted by Crippen LogP contribution is -2.17. The summed E-state index contributed by atoms with van der Waals surface area (Å²) in [7, 11) is 0. The molecule has 0 bridgehead atoms. The third-order valence-corrected chi connectivity index (χ3v) is 2.93. The van der Waals surface area contributed by atoms with Gasteiger partial charge in [0.15, 0.2) is 11.6 Å². The number of aryl methyl sites for hydroxylation is 1. The molecule has 1 amide bonds. The first-order valence-electron chi connectivity index (χ1n) is 5.36. The molecule has 1 aromatic heterocycles. The normalized spacial score (nSPS) is 10.3. The van der Waals surface area contributed by atoms with Gasteiger partial charge in [0.1, 0.15) is 11.4 Å². The Labute approximate surface area is 116 Å². The molecule has 0 fully saturated rings. The summed E-state index contributed by atoms with van der Waals surface area (Å²) in [6.45, 7) is 1.69. The first-order valence-corrected chi connectivity index (χ1v) is 6.16. The van der Waals surface area contributed by atoms with Gasteiger partial charge < -0.3 is 5.32 Å². The molecule has 6 heteroatoms. The average Bonchev–Trinajstić information content (AvgIpc) is 2.34. The van der Waals surface area contributed by atoms with Crippen LogP contribution in [0.25, 0.3) is 0 Å². The van der Waals surface area contributed by atoms with E-state index in [1.54, 1.807) is 19.1 Å². The van der Waals surface area contributed by atoms with Crippen LogP contribution in [0.4, 0.5) is 14.5 Å². The summed E-state index contributed by atoms with van der Waals surface area (Å²) in [4.78, 5) is 15.8. The number of rotatable bonds is 2. The number of hydrogen-bond acceptors (Lipinski definition) is 2. The van der Waals surface area contributed by atoms with Gasteiger partial charge in [-0.05, 0) is 30.7 Å². The van der Waals surface area contributed by atoms with E-state index in [0.29, 0.717) is 5.56 Å². The lowest BCUT2D eigenvalue weighted by molar-refractivity contribution is 0.102. The Hall–Kier alpha value is -1.82. The SMILES string of the molecule is Cc1cccnc1C(=O)Nc1c(F)cc(Br)cc1F. The molecular formula is C13H9BrF2N2O. The molecule has 1 heterocycles. The lowest BCUT2D eigenvalue weighted by atomic mass is 10.2. The summed E-state index contributed by atoms with van der Waals surface area (Å²) in [5.74, 6) is -2.36. The second-order valence-corrected chi connectivity index (χ2v) is 4.78. The molecule has 3 nitrogen and oxygen atoms in total. The summed E-state index contributed by atoms with van der Waals surface area (Å²) in [6, 6.07) is 5.51. The summed E-state index contributed by atoms with van der Waals surface area (Å²) >= 11 is 2.96. The van der Waals surface area contributed by atoms with Crippen LogP contribution in [0.3, 0.4) is 0 Å². The fourth-order valence-corrected chi connectivity index (χ4v) is 1.96. The summed E-state index contributed by atoms with van der Waals surface area (Å²) in [6.07, 6.45) is 1.44. The maximum absolute atomic E-state index is 13.6. The number of anilines is 1. The van der Waals surface area contributed by atoms with Gasteiger partial charge in [-0.3, -0.25) is 9.78 Å². The molecular weight excluding hydrogens is 318 g/mol. The third kappa shape index (κ3) is 2.96. The van der Waals surface area contributed by atoms with Crippen molar-refractivity contribution in [3.05, 3.63) is 57.8 Å². The number of benzene rings is 1. The number of halogens is 3. The van der Waals surface area contributed by atoms with Gasteiger partial charge in [-0.25, -0.2) is 8.78 Å². The van der Waals surface area contributed by atoms with Crippen LogP contribution in [0, 0.1) is 18.6 Å². The third-order valence-electron chi connectivity index (χ3n) is 2.47. The zero-order chi connectivity index (χ0) is 14.0. The van der Waals surface area contributed by atoms with Gasteiger partial charge in [-0.1, -0.05) is 22.0 Å². The van der Waals surface area contributed by atoms with Crippen LogP contribution < -0.4 is 5.32 Å². The molecule has 0 atom stereocenters. The first kappa shape index (κ1) is 13.6. The Morgan fingerprint density at radius 2 is 1.95 bits per heavy atom. The minimum absolute atomic E-state index is 0.129. The largest absolute Gasteiger partial charge is 0.316 e. The van der Waals surface area contributed by atoms with Crippen LogP contribution in [0.5, 0.6) is 0 Å². The molecule has 0 spiro atoms. The van der Waals surface area contributed by atoms with Crippen LogP contribution in [-0.2, 0) is 0 Å². The van der Waals surface area contributed by atoms with Crippen molar-refractivity contribution in [2.24, 2.45) is 0 Å². The molecule has 1 N–H and O–H groups in total. The van der Waals surface area contributed by atoms with Crippen LogP contribution in [-0.4, -0.2) is 10.9 Å². The second kappa shape index (κ2) is 5.44. The number of carbonyl (C=O) groups excluding carboxylic acids is 1.